The zero-order chi connectivity index (χ0) is 47.5. The first-order valence-electron chi connectivity index (χ1n) is 29.2. The number of carbonyl (C=O) groups excluding carboxylic acids is 3. The predicted octanol–water partition coefficient (Wildman–Crippen LogP) is 19.3. The minimum atomic E-state index is -0.763. The van der Waals surface area contributed by atoms with Gasteiger partial charge in [-0.05, 0) is 31.1 Å². The maximum absolute atomic E-state index is 12.8. The number of hydrogen-bond donors (Lipinski definition) is 0. The van der Waals surface area contributed by atoms with Crippen molar-refractivity contribution in [1.82, 2.24) is 0 Å². The zero-order valence-electron chi connectivity index (χ0n) is 44.6. The number of rotatable bonds is 53. The SMILES string of the molecule is CCCCCCCCCCCCCCCCCCC(=O)O[C@H](COC(=O)CCCCCCCCCCCCCCCCCCCCC(C)C)COC(=O)CCCCCCCCCC(C)C. The summed E-state index contributed by atoms with van der Waals surface area (Å²) in [7, 11) is 0. The van der Waals surface area contributed by atoms with Crippen LogP contribution in [-0.2, 0) is 28.6 Å². The van der Waals surface area contributed by atoms with Gasteiger partial charge >= 0.3 is 17.9 Å². The molecule has 0 aliphatic rings. The van der Waals surface area contributed by atoms with E-state index in [0.29, 0.717) is 19.3 Å². The van der Waals surface area contributed by atoms with Crippen LogP contribution in [0.5, 0.6) is 0 Å². The topological polar surface area (TPSA) is 78.9 Å². The molecule has 0 rings (SSSR count). The van der Waals surface area contributed by atoms with Crippen LogP contribution in [-0.4, -0.2) is 37.2 Å². The fourth-order valence-electron chi connectivity index (χ4n) is 9.05. The van der Waals surface area contributed by atoms with E-state index in [-0.39, 0.29) is 31.1 Å². The lowest BCUT2D eigenvalue weighted by Crippen LogP contribution is -2.30. The lowest BCUT2D eigenvalue weighted by atomic mass is 10.0. The molecule has 6 heteroatoms. The molecule has 0 N–H and O–H groups in total. The summed E-state index contributed by atoms with van der Waals surface area (Å²) in [5.74, 6) is 0.798. The van der Waals surface area contributed by atoms with Gasteiger partial charge in [-0.15, -0.1) is 0 Å². The van der Waals surface area contributed by atoms with Crippen LogP contribution < -0.4 is 0 Å². The first-order valence-corrected chi connectivity index (χ1v) is 29.2. The van der Waals surface area contributed by atoms with Gasteiger partial charge in [0, 0.05) is 19.3 Å². The predicted molar refractivity (Wildman–Crippen MR) is 280 cm³/mol. The molecule has 0 amide bonds. The maximum Gasteiger partial charge on any atom is 0.306 e. The quantitative estimate of drug-likeness (QED) is 0.0344. The van der Waals surface area contributed by atoms with Crippen molar-refractivity contribution in [3.05, 3.63) is 0 Å². The average molecular weight is 920 g/mol. The molecule has 0 aromatic heterocycles. The molecular formula is C59H114O6. The van der Waals surface area contributed by atoms with Crippen molar-refractivity contribution >= 4 is 17.9 Å². The molecule has 0 aliphatic carbocycles. The Morgan fingerprint density at radius 1 is 0.292 bits per heavy atom. The lowest BCUT2D eigenvalue weighted by molar-refractivity contribution is -0.167. The van der Waals surface area contributed by atoms with E-state index in [1.54, 1.807) is 0 Å². The smallest absolute Gasteiger partial charge is 0.306 e. The van der Waals surface area contributed by atoms with E-state index >= 15 is 0 Å². The Balaban J connectivity index is 4.21. The van der Waals surface area contributed by atoms with Gasteiger partial charge in [0.15, 0.2) is 6.10 Å². The molecule has 6 nitrogen and oxygen atoms in total. The maximum atomic E-state index is 12.8. The van der Waals surface area contributed by atoms with Crippen LogP contribution in [0.3, 0.4) is 0 Å². The molecule has 0 aliphatic heterocycles. The van der Waals surface area contributed by atoms with Gasteiger partial charge in [0.05, 0.1) is 0 Å². The third-order valence-corrected chi connectivity index (χ3v) is 13.5. The number of hydrogen-bond acceptors (Lipinski definition) is 6. The van der Waals surface area contributed by atoms with Crippen LogP contribution in [0.2, 0.25) is 0 Å². The van der Waals surface area contributed by atoms with Crippen LogP contribution in [0.25, 0.3) is 0 Å². The highest BCUT2D eigenvalue weighted by molar-refractivity contribution is 5.71. The van der Waals surface area contributed by atoms with Crippen molar-refractivity contribution in [2.45, 2.75) is 336 Å². The van der Waals surface area contributed by atoms with E-state index in [4.69, 9.17) is 14.2 Å². The first-order chi connectivity index (χ1) is 31.7. The highest BCUT2D eigenvalue weighted by Crippen LogP contribution is 2.18. The van der Waals surface area contributed by atoms with E-state index in [9.17, 15) is 14.4 Å². The molecular weight excluding hydrogens is 805 g/mol. The van der Waals surface area contributed by atoms with Gasteiger partial charge in [0.2, 0.25) is 0 Å². The van der Waals surface area contributed by atoms with Gasteiger partial charge in [-0.1, -0.05) is 291 Å². The molecule has 0 spiro atoms. The van der Waals surface area contributed by atoms with Gasteiger partial charge in [-0.2, -0.15) is 0 Å². The summed E-state index contributed by atoms with van der Waals surface area (Å²) >= 11 is 0. The van der Waals surface area contributed by atoms with E-state index in [2.05, 4.69) is 34.6 Å². The van der Waals surface area contributed by atoms with Crippen molar-refractivity contribution in [2.75, 3.05) is 13.2 Å². The molecule has 0 radical (unpaired) electrons. The molecule has 0 bridgehead atoms. The van der Waals surface area contributed by atoms with Crippen LogP contribution in [0, 0.1) is 11.8 Å². The molecule has 0 fully saturated rings. The first kappa shape index (κ1) is 63.4. The van der Waals surface area contributed by atoms with E-state index in [1.165, 1.54) is 218 Å². The van der Waals surface area contributed by atoms with Crippen LogP contribution >= 0.6 is 0 Å². The van der Waals surface area contributed by atoms with E-state index in [0.717, 1.165) is 69.6 Å². The lowest BCUT2D eigenvalue weighted by Gasteiger charge is -2.18. The summed E-state index contributed by atoms with van der Waals surface area (Å²) in [6.07, 6.45) is 55.4. The van der Waals surface area contributed by atoms with Gasteiger partial charge in [0.25, 0.3) is 0 Å². The van der Waals surface area contributed by atoms with Crippen molar-refractivity contribution in [3.8, 4) is 0 Å². The zero-order valence-corrected chi connectivity index (χ0v) is 44.6. The number of carbonyl (C=O) groups is 3. The molecule has 386 valence electrons. The summed E-state index contributed by atoms with van der Waals surface area (Å²) in [6, 6.07) is 0. The highest BCUT2D eigenvalue weighted by atomic mass is 16.6. The van der Waals surface area contributed by atoms with Crippen LogP contribution in [0.15, 0.2) is 0 Å². The molecule has 0 heterocycles. The Morgan fingerprint density at radius 3 is 0.754 bits per heavy atom. The van der Waals surface area contributed by atoms with Gasteiger partial charge in [0.1, 0.15) is 13.2 Å². The monoisotopic (exact) mass is 919 g/mol. The number of ether oxygens (including phenoxy) is 3. The second-order valence-corrected chi connectivity index (χ2v) is 21.2. The van der Waals surface area contributed by atoms with Gasteiger partial charge in [-0.25, -0.2) is 0 Å². The van der Waals surface area contributed by atoms with Crippen LogP contribution in [0.1, 0.15) is 330 Å². The third-order valence-electron chi connectivity index (χ3n) is 13.5. The molecule has 0 unspecified atom stereocenters. The largest absolute Gasteiger partial charge is 0.462 e. The minimum absolute atomic E-state index is 0.0632. The minimum Gasteiger partial charge on any atom is -0.462 e. The third kappa shape index (κ3) is 53.2. The second kappa shape index (κ2) is 51.8. The molecule has 0 aromatic carbocycles. The molecule has 0 saturated heterocycles. The van der Waals surface area contributed by atoms with Crippen molar-refractivity contribution in [1.29, 1.82) is 0 Å². The Hall–Kier alpha value is -1.59. The summed E-state index contributed by atoms with van der Waals surface area (Å²) in [4.78, 5) is 38.1. The molecule has 1 atom stereocenters. The molecule has 65 heavy (non-hydrogen) atoms. The second-order valence-electron chi connectivity index (χ2n) is 21.2. The van der Waals surface area contributed by atoms with Crippen LogP contribution in [0.4, 0.5) is 0 Å². The van der Waals surface area contributed by atoms with Crippen molar-refractivity contribution < 1.29 is 28.6 Å². The van der Waals surface area contributed by atoms with E-state index in [1.807, 2.05) is 0 Å². The normalized spacial score (nSPS) is 12.0. The fourth-order valence-corrected chi connectivity index (χ4v) is 9.05. The Labute approximate surface area is 406 Å². The molecule has 0 saturated carbocycles. The summed E-state index contributed by atoms with van der Waals surface area (Å²) in [6.45, 7) is 11.4. The summed E-state index contributed by atoms with van der Waals surface area (Å²) < 4.78 is 16.9. The van der Waals surface area contributed by atoms with Crippen molar-refractivity contribution in [2.24, 2.45) is 11.8 Å². The standard InChI is InChI=1S/C59H114O6/c1-6-7-8-9-10-11-12-13-14-20-24-27-30-35-41-46-51-59(62)65-56(53-64-58(61)50-45-40-36-31-33-38-43-48-55(4)5)52-63-57(60)49-44-39-34-29-26-23-21-18-16-15-17-19-22-25-28-32-37-42-47-54(2)3/h54-56H,6-53H2,1-5H3/t56-/m1/s1. The average Bonchev–Trinajstić information content (AvgIpc) is 3.28. The highest BCUT2D eigenvalue weighted by Gasteiger charge is 2.19. The molecule has 0 aromatic rings. The number of unbranched alkanes of at least 4 members (excludes halogenated alkanes) is 38. The van der Waals surface area contributed by atoms with Gasteiger partial charge in [-0.3, -0.25) is 14.4 Å². The summed E-state index contributed by atoms with van der Waals surface area (Å²) in [5.41, 5.74) is 0. The Bertz CT molecular complexity index is 993. The number of esters is 3. The fraction of sp³-hybridized carbons (Fsp3) is 0.949. The Morgan fingerprint density at radius 2 is 0.508 bits per heavy atom. The Kier molecular flexibility index (Phi) is 50.5. The van der Waals surface area contributed by atoms with E-state index < -0.39 is 6.10 Å². The van der Waals surface area contributed by atoms with Gasteiger partial charge < -0.3 is 14.2 Å². The summed E-state index contributed by atoms with van der Waals surface area (Å²) in [5, 5.41) is 0. The van der Waals surface area contributed by atoms with Crippen molar-refractivity contribution in [3.63, 3.8) is 0 Å².